The second-order valence-corrected chi connectivity index (χ2v) is 6.76. The molecule has 2 rings (SSSR count). The van der Waals surface area contributed by atoms with Crippen LogP contribution in [-0.4, -0.2) is 30.1 Å². The number of sulfone groups is 1. The van der Waals surface area contributed by atoms with Gasteiger partial charge in [0.1, 0.15) is 9.84 Å². The van der Waals surface area contributed by atoms with E-state index in [9.17, 15) is 13.5 Å². The molecule has 0 unspecified atom stereocenters. The summed E-state index contributed by atoms with van der Waals surface area (Å²) in [4.78, 5) is 0. The van der Waals surface area contributed by atoms with Crippen LogP contribution in [0, 0.1) is 0 Å². The van der Waals surface area contributed by atoms with Crippen LogP contribution in [-0.2, 0) is 23.0 Å². The molecule has 0 saturated heterocycles. The molecule has 5 heteroatoms. The molecule has 0 bridgehead atoms. The molecule has 0 aliphatic carbocycles. The lowest BCUT2D eigenvalue weighted by molar-refractivity contribution is 0.283. The molecule has 1 heterocycles. The van der Waals surface area contributed by atoms with Gasteiger partial charge in [-0.25, -0.2) is 8.42 Å². The van der Waals surface area contributed by atoms with Crippen molar-refractivity contribution in [2.45, 2.75) is 19.6 Å². The molecule has 2 aromatic rings. The van der Waals surface area contributed by atoms with Crippen molar-refractivity contribution < 1.29 is 13.5 Å². The topological polar surface area (TPSA) is 59.3 Å². The molecule has 0 fully saturated rings. The van der Waals surface area contributed by atoms with Gasteiger partial charge >= 0.3 is 0 Å². The summed E-state index contributed by atoms with van der Waals surface area (Å²) in [5, 5.41) is 10.3. The van der Waals surface area contributed by atoms with Crippen molar-refractivity contribution >= 4 is 20.7 Å². The van der Waals surface area contributed by atoms with Gasteiger partial charge in [-0.1, -0.05) is 12.1 Å². The predicted octanol–water partition coefficient (Wildman–Crippen LogP) is 1.57. The average Bonchev–Trinajstić information content (AvgIpc) is 2.71. The van der Waals surface area contributed by atoms with Gasteiger partial charge in [0.2, 0.25) is 0 Å². The normalized spacial score (nSPS) is 12.1. The van der Waals surface area contributed by atoms with E-state index in [0.29, 0.717) is 13.0 Å². The SMILES string of the molecule is CS(=O)(=O)CCCn1ccc2c(CO)cccc21. The van der Waals surface area contributed by atoms with E-state index < -0.39 is 9.84 Å². The van der Waals surface area contributed by atoms with E-state index in [1.54, 1.807) is 0 Å². The monoisotopic (exact) mass is 267 g/mol. The third-order valence-corrected chi connectivity index (χ3v) is 4.02. The van der Waals surface area contributed by atoms with Crippen molar-refractivity contribution in [3.05, 3.63) is 36.0 Å². The highest BCUT2D eigenvalue weighted by Gasteiger charge is 2.06. The number of hydrogen-bond acceptors (Lipinski definition) is 3. The molecule has 0 spiro atoms. The highest BCUT2D eigenvalue weighted by molar-refractivity contribution is 7.90. The number of fused-ring (bicyclic) bond motifs is 1. The summed E-state index contributed by atoms with van der Waals surface area (Å²) in [5.41, 5.74) is 1.93. The van der Waals surface area contributed by atoms with Gasteiger partial charge in [-0.3, -0.25) is 0 Å². The molecule has 0 radical (unpaired) electrons. The smallest absolute Gasteiger partial charge is 0.147 e. The van der Waals surface area contributed by atoms with Crippen LogP contribution < -0.4 is 0 Å². The van der Waals surface area contributed by atoms with Crippen LogP contribution in [0.15, 0.2) is 30.5 Å². The zero-order valence-corrected chi connectivity index (χ0v) is 11.2. The first-order valence-electron chi connectivity index (χ1n) is 5.86. The quantitative estimate of drug-likeness (QED) is 0.894. The van der Waals surface area contributed by atoms with Gasteiger partial charge in [-0.2, -0.15) is 0 Å². The van der Waals surface area contributed by atoms with Crippen LogP contribution in [0.4, 0.5) is 0 Å². The molecule has 0 aliphatic rings. The van der Waals surface area contributed by atoms with Crippen molar-refractivity contribution in [3.8, 4) is 0 Å². The number of nitrogens with zero attached hydrogens (tertiary/aromatic N) is 1. The Bertz CT molecular complexity index is 643. The minimum atomic E-state index is -2.90. The Morgan fingerprint density at radius 1 is 1.28 bits per heavy atom. The minimum Gasteiger partial charge on any atom is -0.392 e. The number of aryl methyl sites for hydroxylation is 1. The van der Waals surface area contributed by atoms with E-state index in [0.717, 1.165) is 16.5 Å². The zero-order chi connectivity index (χ0) is 13.2. The van der Waals surface area contributed by atoms with Crippen molar-refractivity contribution in [2.24, 2.45) is 0 Å². The molecule has 1 N–H and O–H groups in total. The van der Waals surface area contributed by atoms with Crippen molar-refractivity contribution in [3.63, 3.8) is 0 Å². The fraction of sp³-hybridized carbons (Fsp3) is 0.385. The number of rotatable bonds is 5. The highest BCUT2D eigenvalue weighted by Crippen LogP contribution is 2.20. The fourth-order valence-electron chi connectivity index (χ4n) is 2.12. The maximum Gasteiger partial charge on any atom is 0.147 e. The van der Waals surface area contributed by atoms with Crippen LogP contribution in [0.25, 0.3) is 10.9 Å². The van der Waals surface area contributed by atoms with Gasteiger partial charge in [0.05, 0.1) is 12.4 Å². The molecular formula is C13H17NO3S. The second-order valence-electron chi connectivity index (χ2n) is 4.50. The number of aliphatic hydroxyl groups excluding tert-OH is 1. The van der Waals surface area contributed by atoms with Gasteiger partial charge in [0.25, 0.3) is 0 Å². The Balaban J connectivity index is 2.20. The van der Waals surface area contributed by atoms with E-state index in [1.165, 1.54) is 6.26 Å². The molecule has 98 valence electrons. The fourth-order valence-corrected chi connectivity index (χ4v) is 2.77. The van der Waals surface area contributed by atoms with E-state index in [1.807, 2.05) is 35.0 Å². The molecule has 0 amide bonds. The molecule has 0 saturated carbocycles. The number of hydrogen-bond donors (Lipinski definition) is 1. The van der Waals surface area contributed by atoms with Gasteiger partial charge < -0.3 is 9.67 Å². The first-order chi connectivity index (χ1) is 8.51. The van der Waals surface area contributed by atoms with Gasteiger partial charge in [-0.05, 0) is 24.1 Å². The minimum absolute atomic E-state index is 0.0185. The Labute approximate surface area is 107 Å². The summed E-state index contributed by atoms with van der Waals surface area (Å²) in [6.07, 6.45) is 3.79. The van der Waals surface area contributed by atoms with Crippen LogP contribution >= 0.6 is 0 Å². The molecule has 0 atom stereocenters. The Hall–Kier alpha value is -1.33. The summed E-state index contributed by atoms with van der Waals surface area (Å²) in [5.74, 6) is 0.201. The molecule has 1 aromatic carbocycles. The third kappa shape index (κ3) is 2.91. The van der Waals surface area contributed by atoms with E-state index in [4.69, 9.17) is 0 Å². The lowest BCUT2D eigenvalue weighted by Crippen LogP contribution is -2.06. The van der Waals surface area contributed by atoms with Crippen molar-refractivity contribution in [2.75, 3.05) is 12.0 Å². The zero-order valence-electron chi connectivity index (χ0n) is 10.3. The molecule has 4 nitrogen and oxygen atoms in total. The van der Waals surface area contributed by atoms with Crippen LogP contribution in [0.3, 0.4) is 0 Å². The second kappa shape index (κ2) is 5.12. The first-order valence-corrected chi connectivity index (χ1v) is 7.92. The van der Waals surface area contributed by atoms with Crippen LogP contribution in [0.1, 0.15) is 12.0 Å². The van der Waals surface area contributed by atoms with Crippen molar-refractivity contribution in [1.29, 1.82) is 0 Å². The molecular weight excluding hydrogens is 250 g/mol. The highest BCUT2D eigenvalue weighted by atomic mass is 32.2. The summed E-state index contributed by atoms with van der Waals surface area (Å²) in [7, 11) is -2.90. The lowest BCUT2D eigenvalue weighted by Gasteiger charge is -2.06. The Kier molecular flexibility index (Phi) is 3.73. The maximum atomic E-state index is 11.1. The van der Waals surface area contributed by atoms with Gasteiger partial charge in [0.15, 0.2) is 0 Å². The van der Waals surface area contributed by atoms with E-state index >= 15 is 0 Å². The maximum absolute atomic E-state index is 11.1. The van der Waals surface area contributed by atoms with E-state index in [-0.39, 0.29) is 12.4 Å². The van der Waals surface area contributed by atoms with Crippen LogP contribution in [0.2, 0.25) is 0 Å². The first kappa shape index (κ1) is 13.1. The summed E-state index contributed by atoms with van der Waals surface area (Å²) in [6, 6.07) is 7.74. The Morgan fingerprint density at radius 2 is 2.06 bits per heavy atom. The molecule has 0 aliphatic heterocycles. The van der Waals surface area contributed by atoms with Gasteiger partial charge in [-0.15, -0.1) is 0 Å². The largest absolute Gasteiger partial charge is 0.392 e. The average molecular weight is 267 g/mol. The number of aromatic nitrogens is 1. The summed E-state index contributed by atoms with van der Waals surface area (Å²) < 4.78 is 24.2. The van der Waals surface area contributed by atoms with E-state index in [2.05, 4.69) is 0 Å². The number of benzene rings is 1. The molecule has 18 heavy (non-hydrogen) atoms. The van der Waals surface area contributed by atoms with Gasteiger partial charge in [0, 0.05) is 29.9 Å². The van der Waals surface area contributed by atoms with Crippen LogP contribution in [0.5, 0.6) is 0 Å². The third-order valence-electron chi connectivity index (χ3n) is 2.99. The lowest BCUT2D eigenvalue weighted by atomic mass is 10.1. The summed E-state index contributed by atoms with van der Waals surface area (Å²) in [6.45, 7) is 0.691. The summed E-state index contributed by atoms with van der Waals surface area (Å²) >= 11 is 0. The predicted molar refractivity (Wildman–Crippen MR) is 72.2 cm³/mol. The van der Waals surface area contributed by atoms with Crippen molar-refractivity contribution in [1.82, 2.24) is 4.57 Å². The Morgan fingerprint density at radius 3 is 2.72 bits per heavy atom. The number of aliphatic hydroxyl groups is 1. The standard InChI is InChI=1S/C13H17NO3S/c1-18(16,17)9-3-7-14-8-6-12-11(10-15)4-2-5-13(12)14/h2,4-6,8,15H,3,7,9-10H2,1H3. The molecule has 1 aromatic heterocycles.